The van der Waals surface area contributed by atoms with E-state index in [1.165, 1.54) is 0 Å². The average Bonchev–Trinajstić information content (AvgIpc) is 2.34. The fraction of sp³-hybridized carbons (Fsp3) is 0.0714. The number of amides is 1. The average molecular weight is 431 g/mol. The van der Waals surface area contributed by atoms with Gasteiger partial charge in [0, 0.05) is 8.04 Å². The summed E-state index contributed by atoms with van der Waals surface area (Å²) >= 11 is 5.52. The summed E-state index contributed by atoms with van der Waals surface area (Å²) < 4.78 is 1.81. The molecule has 0 unspecified atom stereocenters. The van der Waals surface area contributed by atoms with Crippen molar-refractivity contribution in [2.24, 2.45) is 0 Å². The number of carbonyl (C=O) groups is 1. The fourth-order valence-electron chi connectivity index (χ4n) is 1.77. The van der Waals surface area contributed by atoms with Gasteiger partial charge in [0.25, 0.3) is 5.91 Å². The fourth-order valence-corrected chi connectivity index (χ4v) is 2.99. The molecule has 3 nitrogen and oxygen atoms in total. The molecule has 19 heavy (non-hydrogen) atoms. The normalized spacial score (nSPS) is 10.3. The van der Waals surface area contributed by atoms with E-state index < -0.39 is 0 Å². The van der Waals surface area contributed by atoms with Crippen molar-refractivity contribution in [2.45, 2.75) is 6.92 Å². The summed E-state index contributed by atoms with van der Waals surface area (Å²) in [6, 6.07) is 11.1. The smallest absolute Gasteiger partial charge is 0.256 e. The van der Waals surface area contributed by atoms with Gasteiger partial charge in [0.15, 0.2) is 0 Å². The van der Waals surface area contributed by atoms with E-state index in [9.17, 15) is 4.79 Å². The number of rotatable bonds is 2. The van der Waals surface area contributed by atoms with Gasteiger partial charge in [-0.2, -0.15) is 0 Å². The lowest BCUT2D eigenvalue weighted by atomic mass is 10.1. The lowest BCUT2D eigenvalue weighted by molar-refractivity contribution is 0.102. The predicted molar refractivity (Wildman–Crippen MR) is 90.4 cm³/mol. The molecule has 0 aliphatic rings. The third kappa shape index (κ3) is 3.27. The lowest BCUT2D eigenvalue weighted by Crippen LogP contribution is -2.15. The molecule has 0 aliphatic heterocycles. The van der Waals surface area contributed by atoms with E-state index >= 15 is 0 Å². The van der Waals surface area contributed by atoms with E-state index in [4.69, 9.17) is 5.73 Å². The Morgan fingerprint density at radius 3 is 2.63 bits per heavy atom. The van der Waals surface area contributed by atoms with Gasteiger partial charge in [0.1, 0.15) is 0 Å². The first-order valence-electron chi connectivity index (χ1n) is 5.60. The molecule has 2 aromatic rings. The topological polar surface area (TPSA) is 55.1 Å². The van der Waals surface area contributed by atoms with Crippen LogP contribution >= 0.6 is 38.5 Å². The summed E-state index contributed by atoms with van der Waals surface area (Å²) in [6.07, 6.45) is 0. The third-order valence-corrected chi connectivity index (χ3v) is 4.09. The first-order valence-corrected chi connectivity index (χ1v) is 7.47. The van der Waals surface area contributed by atoms with Crippen LogP contribution in [0, 0.1) is 10.5 Å². The van der Waals surface area contributed by atoms with Crippen LogP contribution in [0.2, 0.25) is 0 Å². The highest BCUT2D eigenvalue weighted by atomic mass is 127. The summed E-state index contributed by atoms with van der Waals surface area (Å²) in [5, 5.41) is 2.87. The molecule has 0 bridgehead atoms. The highest BCUT2D eigenvalue weighted by molar-refractivity contribution is 14.1. The van der Waals surface area contributed by atoms with E-state index in [0.29, 0.717) is 16.9 Å². The number of halogens is 2. The second kappa shape index (κ2) is 5.92. The molecular formula is C14H12BrIN2O. The van der Waals surface area contributed by atoms with Gasteiger partial charge in [-0.1, -0.05) is 28.1 Å². The molecule has 0 fully saturated rings. The predicted octanol–water partition coefficient (Wildman–Crippen LogP) is 4.20. The zero-order valence-corrected chi connectivity index (χ0v) is 13.9. The van der Waals surface area contributed by atoms with E-state index in [1.807, 2.05) is 31.2 Å². The van der Waals surface area contributed by atoms with Crippen molar-refractivity contribution in [3.63, 3.8) is 0 Å². The Kier molecular flexibility index (Phi) is 4.46. The van der Waals surface area contributed by atoms with Gasteiger partial charge in [-0.15, -0.1) is 0 Å². The molecule has 0 atom stereocenters. The Morgan fingerprint density at radius 1 is 1.32 bits per heavy atom. The van der Waals surface area contributed by atoms with Crippen molar-refractivity contribution >= 4 is 55.8 Å². The van der Waals surface area contributed by atoms with E-state index in [1.54, 1.807) is 12.1 Å². The zero-order chi connectivity index (χ0) is 14.0. The van der Waals surface area contributed by atoms with E-state index in [2.05, 4.69) is 43.8 Å². The largest absolute Gasteiger partial charge is 0.397 e. The Balaban J connectivity index is 2.32. The molecule has 0 saturated heterocycles. The number of nitrogens with one attached hydrogen (secondary N) is 1. The van der Waals surface area contributed by atoms with Crippen molar-refractivity contribution < 1.29 is 4.79 Å². The minimum absolute atomic E-state index is 0.151. The first-order chi connectivity index (χ1) is 8.99. The van der Waals surface area contributed by atoms with E-state index in [0.717, 1.165) is 13.6 Å². The highest BCUT2D eigenvalue weighted by Crippen LogP contribution is 2.28. The monoisotopic (exact) mass is 430 g/mol. The SMILES string of the molecule is Cc1cc(Br)cc(N)c1NC(=O)c1ccccc1I. The quantitative estimate of drug-likeness (QED) is 0.554. The van der Waals surface area contributed by atoms with Gasteiger partial charge in [-0.3, -0.25) is 4.79 Å². The molecule has 2 rings (SSSR count). The second-order valence-electron chi connectivity index (χ2n) is 4.12. The van der Waals surface area contributed by atoms with E-state index in [-0.39, 0.29) is 5.91 Å². The highest BCUT2D eigenvalue weighted by Gasteiger charge is 2.13. The van der Waals surface area contributed by atoms with Crippen molar-refractivity contribution in [3.8, 4) is 0 Å². The Morgan fingerprint density at radius 2 is 2.00 bits per heavy atom. The number of hydrogen-bond donors (Lipinski definition) is 2. The Bertz CT molecular complexity index is 620. The van der Waals surface area contributed by atoms with Gasteiger partial charge in [0.2, 0.25) is 0 Å². The lowest BCUT2D eigenvalue weighted by Gasteiger charge is -2.12. The third-order valence-electron chi connectivity index (χ3n) is 2.69. The number of hydrogen-bond acceptors (Lipinski definition) is 2. The van der Waals surface area contributed by atoms with Gasteiger partial charge in [0.05, 0.1) is 16.9 Å². The molecule has 0 saturated carbocycles. The van der Waals surface area contributed by atoms with Gasteiger partial charge < -0.3 is 11.1 Å². The summed E-state index contributed by atoms with van der Waals surface area (Å²) in [7, 11) is 0. The second-order valence-corrected chi connectivity index (χ2v) is 6.20. The standard InChI is InChI=1S/C14H12BrIN2O/c1-8-6-9(15)7-12(17)13(8)18-14(19)10-4-2-3-5-11(10)16/h2-7H,17H2,1H3,(H,18,19). The number of aryl methyl sites for hydroxylation is 1. The molecule has 5 heteroatoms. The summed E-state index contributed by atoms with van der Waals surface area (Å²) in [5.74, 6) is -0.151. The van der Waals surface area contributed by atoms with Crippen molar-refractivity contribution in [1.29, 1.82) is 0 Å². The molecule has 98 valence electrons. The van der Waals surface area contributed by atoms with Gasteiger partial charge >= 0.3 is 0 Å². The first kappa shape index (κ1) is 14.3. The van der Waals surface area contributed by atoms with Crippen molar-refractivity contribution in [1.82, 2.24) is 0 Å². The summed E-state index contributed by atoms with van der Waals surface area (Å²) in [4.78, 5) is 12.2. The van der Waals surface area contributed by atoms with Gasteiger partial charge in [-0.05, 0) is 59.3 Å². The van der Waals surface area contributed by atoms with Crippen LogP contribution in [0.1, 0.15) is 15.9 Å². The van der Waals surface area contributed by atoms with Crippen LogP contribution in [-0.4, -0.2) is 5.91 Å². The number of nitrogens with two attached hydrogens (primary N) is 1. The van der Waals surface area contributed by atoms with Crippen LogP contribution in [-0.2, 0) is 0 Å². The zero-order valence-electron chi connectivity index (χ0n) is 10.2. The van der Waals surface area contributed by atoms with Crippen LogP contribution < -0.4 is 11.1 Å². The molecule has 3 N–H and O–H groups in total. The van der Waals surface area contributed by atoms with Crippen molar-refractivity contribution in [2.75, 3.05) is 11.1 Å². The minimum atomic E-state index is -0.151. The maximum atomic E-state index is 12.2. The van der Waals surface area contributed by atoms with Crippen LogP contribution in [0.15, 0.2) is 40.9 Å². The molecule has 0 radical (unpaired) electrons. The summed E-state index contributed by atoms with van der Waals surface area (Å²) in [6.45, 7) is 1.91. The molecule has 0 heterocycles. The number of anilines is 2. The number of benzene rings is 2. The molecule has 1 amide bonds. The van der Waals surface area contributed by atoms with Crippen LogP contribution in [0.4, 0.5) is 11.4 Å². The molecule has 2 aromatic carbocycles. The maximum absolute atomic E-state index is 12.2. The number of carbonyl (C=O) groups excluding carboxylic acids is 1. The molecule has 0 spiro atoms. The Labute approximate surface area is 133 Å². The van der Waals surface area contributed by atoms with Gasteiger partial charge in [-0.25, -0.2) is 0 Å². The Hall–Kier alpha value is -1.08. The summed E-state index contributed by atoms with van der Waals surface area (Å²) in [5.41, 5.74) is 8.71. The number of nitrogen functional groups attached to an aromatic ring is 1. The van der Waals surface area contributed by atoms with Crippen LogP contribution in [0.25, 0.3) is 0 Å². The van der Waals surface area contributed by atoms with Crippen LogP contribution in [0.5, 0.6) is 0 Å². The minimum Gasteiger partial charge on any atom is -0.397 e. The molecule has 0 aromatic heterocycles. The molecular weight excluding hydrogens is 419 g/mol. The molecule has 0 aliphatic carbocycles. The van der Waals surface area contributed by atoms with Crippen LogP contribution in [0.3, 0.4) is 0 Å². The maximum Gasteiger partial charge on any atom is 0.256 e. The van der Waals surface area contributed by atoms with Crippen molar-refractivity contribution in [3.05, 3.63) is 55.6 Å².